The third-order valence-electron chi connectivity index (χ3n) is 5.91. The highest BCUT2D eigenvalue weighted by Crippen LogP contribution is 2.47. The van der Waals surface area contributed by atoms with Gasteiger partial charge in [0.1, 0.15) is 12.4 Å². The van der Waals surface area contributed by atoms with Gasteiger partial charge in [0, 0.05) is 11.6 Å². The number of fused-ring (bicyclic) bond motifs is 2. The zero-order valence-corrected chi connectivity index (χ0v) is 14.9. The van der Waals surface area contributed by atoms with E-state index < -0.39 is 0 Å². The van der Waals surface area contributed by atoms with Crippen molar-refractivity contribution in [3.8, 4) is 16.9 Å². The molecule has 4 heteroatoms. The van der Waals surface area contributed by atoms with Gasteiger partial charge in [-0.2, -0.15) is 0 Å². The average Bonchev–Trinajstić information content (AvgIpc) is 3.27. The summed E-state index contributed by atoms with van der Waals surface area (Å²) in [7, 11) is 0. The fraction of sp³-hybridized carbons (Fsp3) is 0.409. The van der Waals surface area contributed by atoms with Crippen molar-refractivity contribution in [2.75, 3.05) is 13.2 Å². The molecule has 2 bridgehead atoms. The minimum atomic E-state index is -0.00893. The third-order valence-corrected chi connectivity index (χ3v) is 5.91. The first-order valence-electron chi connectivity index (χ1n) is 9.54. The summed E-state index contributed by atoms with van der Waals surface area (Å²) in [5.74, 6) is 1.96. The number of hydrogen-bond acceptors (Lipinski definition) is 3. The van der Waals surface area contributed by atoms with E-state index in [1.54, 1.807) is 0 Å². The summed E-state index contributed by atoms with van der Waals surface area (Å²) in [5.41, 5.74) is 8.44. The Bertz CT molecular complexity index is 760. The van der Waals surface area contributed by atoms with Crippen molar-refractivity contribution in [3.05, 3.63) is 54.6 Å². The van der Waals surface area contributed by atoms with Crippen molar-refractivity contribution < 1.29 is 9.53 Å². The van der Waals surface area contributed by atoms with E-state index >= 15 is 0 Å². The fourth-order valence-electron chi connectivity index (χ4n) is 4.63. The third kappa shape index (κ3) is 3.34. The Hall–Kier alpha value is -2.33. The van der Waals surface area contributed by atoms with Crippen LogP contribution < -0.4 is 15.8 Å². The molecule has 0 aromatic heterocycles. The van der Waals surface area contributed by atoms with Crippen LogP contribution in [0.2, 0.25) is 0 Å². The predicted molar refractivity (Wildman–Crippen MR) is 103 cm³/mol. The highest BCUT2D eigenvalue weighted by molar-refractivity contribution is 5.80. The number of nitrogens with two attached hydrogens (primary N) is 1. The van der Waals surface area contributed by atoms with Crippen molar-refractivity contribution in [3.63, 3.8) is 0 Å². The van der Waals surface area contributed by atoms with Crippen LogP contribution >= 0.6 is 0 Å². The lowest BCUT2D eigenvalue weighted by Crippen LogP contribution is -2.46. The molecule has 4 unspecified atom stereocenters. The summed E-state index contributed by atoms with van der Waals surface area (Å²) in [6, 6.07) is 18.2. The first kappa shape index (κ1) is 17.1. The van der Waals surface area contributed by atoms with Crippen LogP contribution in [0.25, 0.3) is 11.1 Å². The maximum atomic E-state index is 12.5. The summed E-state index contributed by atoms with van der Waals surface area (Å²) in [6.45, 7) is 0.953. The van der Waals surface area contributed by atoms with Crippen molar-refractivity contribution >= 4 is 5.91 Å². The largest absolute Gasteiger partial charge is 0.491 e. The molecule has 26 heavy (non-hydrogen) atoms. The Morgan fingerprint density at radius 2 is 1.77 bits per heavy atom. The van der Waals surface area contributed by atoms with Gasteiger partial charge in [0.2, 0.25) is 5.91 Å². The number of hydrogen-bond donors (Lipinski definition) is 2. The zero-order valence-electron chi connectivity index (χ0n) is 14.9. The van der Waals surface area contributed by atoms with Gasteiger partial charge in [-0.25, -0.2) is 0 Å². The van der Waals surface area contributed by atoms with Gasteiger partial charge < -0.3 is 15.8 Å². The molecule has 136 valence electrons. The Balaban J connectivity index is 1.31. The molecule has 2 fully saturated rings. The number of ether oxygens (including phenoxy) is 1. The number of rotatable bonds is 6. The van der Waals surface area contributed by atoms with Crippen molar-refractivity contribution in [2.45, 2.75) is 25.3 Å². The maximum absolute atomic E-state index is 12.5. The van der Waals surface area contributed by atoms with Gasteiger partial charge in [-0.15, -0.1) is 0 Å². The Kier molecular flexibility index (Phi) is 4.93. The van der Waals surface area contributed by atoms with Crippen LogP contribution in [-0.4, -0.2) is 25.1 Å². The molecular formula is C22H26N2O2. The van der Waals surface area contributed by atoms with E-state index in [4.69, 9.17) is 10.5 Å². The van der Waals surface area contributed by atoms with Crippen LogP contribution in [0, 0.1) is 17.8 Å². The lowest BCUT2D eigenvalue weighted by atomic mass is 9.84. The number of carbonyl (C=O) groups is 1. The van der Waals surface area contributed by atoms with Gasteiger partial charge in [0.05, 0.1) is 12.5 Å². The average molecular weight is 350 g/mol. The number of amides is 1. The molecule has 0 spiro atoms. The molecule has 3 N–H and O–H groups in total. The Morgan fingerprint density at radius 3 is 2.54 bits per heavy atom. The van der Waals surface area contributed by atoms with Crippen LogP contribution in [0.1, 0.15) is 19.3 Å². The van der Waals surface area contributed by atoms with Gasteiger partial charge >= 0.3 is 0 Å². The lowest BCUT2D eigenvalue weighted by Gasteiger charge is -2.27. The molecule has 0 saturated heterocycles. The molecular weight excluding hydrogens is 324 g/mol. The van der Waals surface area contributed by atoms with Gasteiger partial charge in [0.25, 0.3) is 0 Å². The highest BCUT2D eigenvalue weighted by atomic mass is 16.5. The smallest absolute Gasteiger partial charge is 0.225 e. The standard InChI is InChI=1S/C22H26N2O2/c23-21-17-11-10-16(14-17)20(21)22(25)24-12-13-26-19-9-5-4-8-18(19)15-6-2-1-3-7-15/h1-9,16-17,20-21H,10-14,23H2,(H,24,25). The van der Waals surface area contributed by atoms with E-state index in [2.05, 4.69) is 23.5 Å². The first-order chi connectivity index (χ1) is 12.7. The van der Waals surface area contributed by atoms with E-state index in [0.717, 1.165) is 29.7 Å². The van der Waals surface area contributed by atoms with E-state index in [1.165, 1.54) is 6.42 Å². The van der Waals surface area contributed by atoms with Gasteiger partial charge in [0.15, 0.2) is 0 Å². The van der Waals surface area contributed by atoms with Gasteiger partial charge in [-0.1, -0.05) is 48.5 Å². The fourth-order valence-corrected chi connectivity index (χ4v) is 4.63. The molecule has 2 aliphatic rings. The minimum Gasteiger partial charge on any atom is -0.491 e. The molecule has 4 atom stereocenters. The summed E-state index contributed by atoms with van der Waals surface area (Å²) >= 11 is 0. The number of benzene rings is 2. The summed E-state index contributed by atoms with van der Waals surface area (Å²) < 4.78 is 5.95. The molecule has 2 saturated carbocycles. The van der Waals surface area contributed by atoms with Crippen molar-refractivity contribution in [1.29, 1.82) is 0 Å². The molecule has 2 aliphatic carbocycles. The van der Waals surface area contributed by atoms with E-state index in [-0.39, 0.29) is 17.9 Å². The first-order valence-corrected chi connectivity index (χ1v) is 9.54. The van der Waals surface area contributed by atoms with Crippen LogP contribution in [0.5, 0.6) is 5.75 Å². The Labute approximate surface area is 154 Å². The number of carbonyl (C=O) groups excluding carboxylic acids is 1. The van der Waals surface area contributed by atoms with Crippen LogP contribution in [0.3, 0.4) is 0 Å². The molecule has 0 radical (unpaired) electrons. The molecule has 1 amide bonds. The highest BCUT2D eigenvalue weighted by Gasteiger charge is 2.48. The molecule has 0 aliphatic heterocycles. The van der Waals surface area contributed by atoms with Crippen LogP contribution in [-0.2, 0) is 4.79 Å². The summed E-state index contributed by atoms with van der Waals surface area (Å²) in [5, 5.41) is 3.03. The summed E-state index contributed by atoms with van der Waals surface area (Å²) in [4.78, 5) is 12.5. The molecule has 4 rings (SSSR count). The molecule has 2 aromatic rings. The SMILES string of the molecule is NC1C2CCC(C2)C1C(=O)NCCOc1ccccc1-c1ccccc1. The quantitative estimate of drug-likeness (QED) is 0.786. The number of nitrogens with one attached hydrogen (secondary N) is 1. The second-order valence-electron chi connectivity index (χ2n) is 7.44. The molecule has 4 nitrogen and oxygen atoms in total. The van der Waals surface area contributed by atoms with Crippen molar-refractivity contribution in [1.82, 2.24) is 5.32 Å². The second kappa shape index (κ2) is 7.50. The lowest BCUT2D eigenvalue weighted by molar-refractivity contribution is -0.127. The van der Waals surface area contributed by atoms with Crippen molar-refractivity contribution in [2.24, 2.45) is 23.5 Å². The number of para-hydroxylation sites is 1. The van der Waals surface area contributed by atoms with E-state index in [1.807, 2.05) is 36.4 Å². The molecule has 0 heterocycles. The molecule has 2 aromatic carbocycles. The topological polar surface area (TPSA) is 64.4 Å². The zero-order chi connectivity index (χ0) is 17.9. The summed E-state index contributed by atoms with van der Waals surface area (Å²) in [6.07, 6.45) is 3.46. The maximum Gasteiger partial charge on any atom is 0.225 e. The predicted octanol–water partition coefficient (Wildman–Crippen LogP) is 3.22. The van der Waals surface area contributed by atoms with Crippen LogP contribution in [0.15, 0.2) is 54.6 Å². The second-order valence-corrected chi connectivity index (χ2v) is 7.44. The van der Waals surface area contributed by atoms with E-state index in [0.29, 0.717) is 25.0 Å². The monoisotopic (exact) mass is 350 g/mol. The van der Waals surface area contributed by atoms with Crippen LogP contribution in [0.4, 0.5) is 0 Å². The van der Waals surface area contributed by atoms with E-state index in [9.17, 15) is 4.79 Å². The normalized spacial score (nSPS) is 26.7. The Morgan fingerprint density at radius 1 is 1.04 bits per heavy atom. The van der Waals surface area contributed by atoms with Gasteiger partial charge in [-0.3, -0.25) is 4.79 Å². The minimum absolute atomic E-state index is 0.00893. The van der Waals surface area contributed by atoms with Gasteiger partial charge in [-0.05, 0) is 42.7 Å².